The molecule has 0 aliphatic heterocycles. The first-order chi connectivity index (χ1) is 19.7. The average Bonchev–Trinajstić information content (AvgIpc) is 3.53. The minimum Gasteiger partial charge on any atom is -0.497 e. The normalized spacial score (nSPS) is 10.8. The van der Waals surface area contributed by atoms with E-state index in [9.17, 15) is 0 Å². The molecule has 40 heavy (non-hydrogen) atoms. The second-order valence-corrected chi connectivity index (χ2v) is 8.77. The molecular weight excluding hydrogens is 504 g/mol. The molecule has 0 saturated carbocycles. The maximum atomic E-state index is 5.96. The SMILES string of the molecule is COc1ccc(-c2nnc(-c3ccc(OC)cc3)c(Nc3cccc(-c4nnc(-c5ccccc5)o4)c3)n2)cc1. The maximum absolute atomic E-state index is 5.96. The zero-order valence-corrected chi connectivity index (χ0v) is 21.8. The number of anilines is 2. The zero-order chi connectivity index (χ0) is 27.3. The molecule has 0 spiro atoms. The topological polar surface area (TPSA) is 108 Å². The number of rotatable bonds is 8. The summed E-state index contributed by atoms with van der Waals surface area (Å²) in [5.74, 6) is 3.38. The van der Waals surface area contributed by atoms with Crippen molar-refractivity contribution >= 4 is 11.5 Å². The third-order valence-electron chi connectivity index (χ3n) is 6.22. The fourth-order valence-electron chi connectivity index (χ4n) is 4.12. The van der Waals surface area contributed by atoms with Crippen LogP contribution in [0.4, 0.5) is 11.5 Å². The molecule has 0 aliphatic carbocycles. The number of ether oxygens (including phenoxy) is 2. The summed E-state index contributed by atoms with van der Waals surface area (Å²) in [6.07, 6.45) is 0. The van der Waals surface area contributed by atoms with E-state index in [-0.39, 0.29) is 0 Å². The van der Waals surface area contributed by atoms with Crippen LogP contribution in [0.1, 0.15) is 0 Å². The van der Waals surface area contributed by atoms with Gasteiger partial charge in [-0.3, -0.25) is 0 Å². The van der Waals surface area contributed by atoms with Gasteiger partial charge in [0.25, 0.3) is 0 Å². The van der Waals surface area contributed by atoms with Crippen LogP contribution in [0.5, 0.6) is 11.5 Å². The molecule has 0 aliphatic rings. The Morgan fingerprint density at radius 2 is 1.20 bits per heavy atom. The van der Waals surface area contributed by atoms with E-state index in [1.807, 2.05) is 103 Å². The van der Waals surface area contributed by atoms with Crippen molar-refractivity contribution in [1.82, 2.24) is 25.4 Å². The summed E-state index contributed by atoms with van der Waals surface area (Å²) in [4.78, 5) is 4.85. The van der Waals surface area contributed by atoms with E-state index in [1.165, 1.54) is 0 Å². The summed E-state index contributed by atoms with van der Waals surface area (Å²) >= 11 is 0. The van der Waals surface area contributed by atoms with Gasteiger partial charge in [0.2, 0.25) is 11.8 Å². The number of nitrogens with zero attached hydrogens (tertiary/aromatic N) is 5. The second-order valence-electron chi connectivity index (χ2n) is 8.77. The molecule has 196 valence electrons. The van der Waals surface area contributed by atoms with Gasteiger partial charge in [-0.1, -0.05) is 24.3 Å². The van der Waals surface area contributed by atoms with Crippen LogP contribution in [0.2, 0.25) is 0 Å². The Labute approximate surface area is 230 Å². The fourth-order valence-corrected chi connectivity index (χ4v) is 4.12. The molecule has 0 bridgehead atoms. The minimum atomic E-state index is 0.414. The van der Waals surface area contributed by atoms with Crippen LogP contribution in [0.25, 0.3) is 45.6 Å². The Morgan fingerprint density at radius 1 is 0.575 bits per heavy atom. The molecule has 0 radical (unpaired) electrons. The highest BCUT2D eigenvalue weighted by Crippen LogP contribution is 2.32. The molecule has 0 unspecified atom stereocenters. The van der Waals surface area contributed by atoms with Crippen molar-refractivity contribution < 1.29 is 13.9 Å². The van der Waals surface area contributed by atoms with E-state index < -0.39 is 0 Å². The first-order valence-electron chi connectivity index (χ1n) is 12.5. The van der Waals surface area contributed by atoms with E-state index in [2.05, 4.69) is 25.7 Å². The second kappa shape index (κ2) is 11.0. The number of aromatic nitrogens is 5. The number of methoxy groups -OCH3 is 2. The largest absolute Gasteiger partial charge is 0.497 e. The highest BCUT2D eigenvalue weighted by molar-refractivity contribution is 5.77. The Hall–Kier alpha value is -5.57. The van der Waals surface area contributed by atoms with Crippen molar-refractivity contribution in [2.75, 3.05) is 19.5 Å². The van der Waals surface area contributed by atoms with Crippen LogP contribution < -0.4 is 14.8 Å². The zero-order valence-electron chi connectivity index (χ0n) is 21.8. The molecule has 2 heterocycles. The first-order valence-corrected chi connectivity index (χ1v) is 12.5. The van der Waals surface area contributed by atoms with Gasteiger partial charge in [-0.2, -0.15) is 0 Å². The van der Waals surface area contributed by atoms with Crippen molar-refractivity contribution in [2.45, 2.75) is 0 Å². The minimum absolute atomic E-state index is 0.414. The molecule has 4 aromatic carbocycles. The van der Waals surface area contributed by atoms with Gasteiger partial charge in [0.15, 0.2) is 11.6 Å². The summed E-state index contributed by atoms with van der Waals surface area (Å²) in [6.45, 7) is 0. The predicted molar refractivity (Wildman–Crippen MR) is 152 cm³/mol. The third-order valence-corrected chi connectivity index (χ3v) is 6.22. The van der Waals surface area contributed by atoms with Crippen LogP contribution in [0.15, 0.2) is 108 Å². The molecule has 0 fully saturated rings. The average molecular weight is 529 g/mol. The van der Waals surface area contributed by atoms with Gasteiger partial charge < -0.3 is 19.2 Å². The molecule has 0 amide bonds. The van der Waals surface area contributed by atoms with Crippen molar-refractivity contribution in [3.8, 4) is 57.1 Å². The molecule has 6 aromatic rings. The fraction of sp³-hybridized carbons (Fsp3) is 0.0645. The van der Waals surface area contributed by atoms with Gasteiger partial charge in [0.05, 0.1) is 14.2 Å². The highest BCUT2D eigenvalue weighted by Gasteiger charge is 2.15. The van der Waals surface area contributed by atoms with Gasteiger partial charge in [-0.05, 0) is 78.9 Å². The van der Waals surface area contributed by atoms with E-state index in [1.54, 1.807) is 14.2 Å². The van der Waals surface area contributed by atoms with Gasteiger partial charge in [-0.15, -0.1) is 20.4 Å². The van der Waals surface area contributed by atoms with Gasteiger partial charge in [0, 0.05) is 27.9 Å². The molecule has 6 rings (SSSR count). The van der Waals surface area contributed by atoms with Crippen LogP contribution in [0.3, 0.4) is 0 Å². The van der Waals surface area contributed by atoms with Gasteiger partial charge in [0.1, 0.15) is 17.2 Å². The van der Waals surface area contributed by atoms with Crippen molar-refractivity contribution in [1.29, 1.82) is 0 Å². The maximum Gasteiger partial charge on any atom is 0.248 e. The monoisotopic (exact) mass is 528 g/mol. The summed E-state index contributed by atoms with van der Waals surface area (Å²) in [7, 11) is 3.26. The number of benzene rings is 4. The number of hydrogen-bond donors (Lipinski definition) is 1. The standard InChI is InChI=1S/C31H24N6O3/c1-38-25-15-11-20(12-16-25)27-29(33-28(35-34-27)21-13-17-26(39-2)18-14-21)32-24-10-6-9-23(19-24)31-37-36-30(40-31)22-7-4-3-5-8-22/h3-19H,1-2H3,(H,32,33,35). The summed E-state index contributed by atoms with van der Waals surface area (Å²) < 4.78 is 16.6. The Morgan fingerprint density at radius 3 is 1.88 bits per heavy atom. The Kier molecular flexibility index (Phi) is 6.83. The van der Waals surface area contributed by atoms with Crippen molar-refractivity contribution in [3.63, 3.8) is 0 Å². The van der Waals surface area contributed by atoms with Crippen LogP contribution in [-0.4, -0.2) is 39.6 Å². The third kappa shape index (κ3) is 5.21. The molecule has 9 nitrogen and oxygen atoms in total. The van der Waals surface area contributed by atoms with Gasteiger partial charge >= 0.3 is 0 Å². The molecular formula is C31H24N6O3. The van der Waals surface area contributed by atoms with E-state index in [4.69, 9.17) is 18.9 Å². The molecule has 9 heteroatoms. The summed E-state index contributed by atoms with van der Waals surface area (Å²) in [6, 6.07) is 32.5. The lowest BCUT2D eigenvalue weighted by Gasteiger charge is -2.12. The Bertz CT molecular complexity index is 1740. The van der Waals surface area contributed by atoms with Crippen LogP contribution in [0, 0.1) is 0 Å². The summed E-state index contributed by atoms with van der Waals surface area (Å²) in [5, 5.41) is 20.9. The number of nitrogens with one attached hydrogen (secondary N) is 1. The summed E-state index contributed by atoms with van der Waals surface area (Å²) in [5.41, 5.74) is 4.64. The Balaban J connectivity index is 1.36. The van der Waals surface area contributed by atoms with Crippen LogP contribution >= 0.6 is 0 Å². The van der Waals surface area contributed by atoms with E-state index in [0.29, 0.717) is 29.1 Å². The smallest absolute Gasteiger partial charge is 0.248 e. The molecule has 0 saturated heterocycles. The lowest BCUT2D eigenvalue weighted by atomic mass is 10.1. The van der Waals surface area contributed by atoms with Crippen LogP contribution in [-0.2, 0) is 0 Å². The van der Waals surface area contributed by atoms with Crippen molar-refractivity contribution in [3.05, 3.63) is 103 Å². The molecule has 2 aromatic heterocycles. The lowest BCUT2D eigenvalue weighted by Crippen LogP contribution is -2.03. The number of hydrogen-bond acceptors (Lipinski definition) is 9. The quantitative estimate of drug-likeness (QED) is 0.231. The van der Waals surface area contributed by atoms with Gasteiger partial charge in [-0.25, -0.2) is 4.98 Å². The van der Waals surface area contributed by atoms with Crippen molar-refractivity contribution in [2.24, 2.45) is 0 Å². The first kappa shape index (κ1) is 24.7. The molecule has 0 atom stereocenters. The van der Waals surface area contributed by atoms with E-state index in [0.717, 1.165) is 39.4 Å². The highest BCUT2D eigenvalue weighted by atomic mass is 16.5. The molecule has 1 N–H and O–H groups in total. The van der Waals surface area contributed by atoms with E-state index >= 15 is 0 Å². The lowest BCUT2D eigenvalue weighted by molar-refractivity contribution is 0.414. The predicted octanol–water partition coefficient (Wildman–Crippen LogP) is 6.68.